The summed E-state index contributed by atoms with van der Waals surface area (Å²) < 4.78 is 24.5. The number of para-hydroxylation sites is 2. The minimum Gasteiger partial charge on any atom is -0.490 e. The number of hydrogen-bond donors (Lipinski definition) is 0. The van der Waals surface area contributed by atoms with Crippen LogP contribution in [0, 0.1) is 18.7 Å². The molecule has 188 valence electrons. The van der Waals surface area contributed by atoms with Crippen molar-refractivity contribution in [1.29, 1.82) is 0 Å². The first kappa shape index (κ1) is 22.3. The third-order valence-corrected chi connectivity index (χ3v) is 7.69. The summed E-state index contributed by atoms with van der Waals surface area (Å²) in [6, 6.07) is 21.1. The number of hydrogen-bond acceptors (Lipinski definition) is 4. The Labute approximate surface area is 215 Å². The lowest BCUT2D eigenvalue weighted by Gasteiger charge is -2.33. The number of rotatable bonds is 6. The van der Waals surface area contributed by atoms with Gasteiger partial charge >= 0.3 is 0 Å². The van der Waals surface area contributed by atoms with Crippen LogP contribution in [0.1, 0.15) is 31.4 Å². The van der Waals surface area contributed by atoms with Crippen molar-refractivity contribution < 1.29 is 9.13 Å². The molecule has 6 nitrogen and oxygen atoms in total. The Morgan fingerprint density at radius 1 is 0.919 bits per heavy atom. The van der Waals surface area contributed by atoms with Crippen molar-refractivity contribution in [2.45, 2.75) is 45.3 Å². The number of fused-ring (bicyclic) bond motifs is 2. The van der Waals surface area contributed by atoms with Crippen LogP contribution in [-0.2, 0) is 6.54 Å². The van der Waals surface area contributed by atoms with Crippen LogP contribution in [0.15, 0.2) is 66.7 Å². The number of imidazole rings is 1. The molecule has 1 saturated carbocycles. The molecule has 1 saturated heterocycles. The second-order valence-corrected chi connectivity index (χ2v) is 10.4. The summed E-state index contributed by atoms with van der Waals surface area (Å²) >= 11 is 0. The molecule has 0 unspecified atom stereocenters. The van der Waals surface area contributed by atoms with Gasteiger partial charge in [-0.15, -0.1) is 0 Å². The van der Waals surface area contributed by atoms with Gasteiger partial charge in [-0.3, -0.25) is 0 Å². The van der Waals surface area contributed by atoms with Gasteiger partial charge in [-0.25, -0.2) is 14.1 Å². The predicted octanol–water partition coefficient (Wildman–Crippen LogP) is 6.28. The van der Waals surface area contributed by atoms with Gasteiger partial charge < -0.3 is 14.2 Å². The number of nitrogens with zero attached hydrogens (tertiary/aromatic N) is 5. The first-order valence-electron chi connectivity index (χ1n) is 13.2. The molecule has 7 heteroatoms. The van der Waals surface area contributed by atoms with E-state index in [0.717, 1.165) is 72.2 Å². The lowest BCUT2D eigenvalue weighted by Crippen LogP contribution is -2.39. The van der Waals surface area contributed by atoms with Gasteiger partial charge in [-0.1, -0.05) is 18.2 Å². The van der Waals surface area contributed by atoms with E-state index in [-0.39, 0.29) is 11.9 Å². The van der Waals surface area contributed by atoms with Crippen molar-refractivity contribution in [2.75, 3.05) is 18.0 Å². The highest BCUT2D eigenvalue weighted by Gasteiger charge is 2.28. The van der Waals surface area contributed by atoms with E-state index >= 15 is 0 Å². The van der Waals surface area contributed by atoms with Crippen LogP contribution >= 0.6 is 0 Å². The van der Waals surface area contributed by atoms with Gasteiger partial charge in [0.2, 0.25) is 5.95 Å². The Hall–Kier alpha value is -3.87. The molecular weight excluding hydrogens is 465 g/mol. The van der Waals surface area contributed by atoms with Crippen LogP contribution in [0.4, 0.5) is 10.3 Å². The van der Waals surface area contributed by atoms with Crippen molar-refractivity contribution in [3.05, 3.63) is 78.2 Å². The quantitative estimate of drug-likeness (QED) is 0.278. The zero-order valence-corrected chi connectivity index (χ0v) is 21.0. The number of anilines is 1. The van der Waals surface area contributed by atoms with E-state index in [0.29, 0.717) is 5.69 Å². The minimum atomic E-state index is -0.270. The lowest BCUT2D eigenvalue weighted by atomic mass is 10.1. The summed E-state index contributed by atoms with van der Waals surface area (Å²) in [5.41, 5.74) is 4.88. The molecule has 7 rings (SSSR count). The highest BCUT2D eigenvalue weighted by Crippen LogP contribution is 2.35. The molecular formula is C30H30FN5O. The summed E-state index contributed by atoms with van der Waals surface area (Å²) in [4.78, 5) is 7.45. The summed E-state index contributed by atoms with van der Waals surface area (Å²) in [5, 5.41) is 5.68. The Morgan fingerprint density at radius 3 is 2.57 bits per heavy atom. The summed E-state index contributed by atoms with van der Waals surface area (Å²) in [6.07, 6.45) is 4.71. The van der Waals surface area contributed by atoms with Crippen molar-refractivity contribution in [3.8, 4) is 11.4 Å². The molecule has 0 amide bonds. The highest BCUT2D eigenvalue weighted by atomic mass is 19.1. The van der Waals surface area contributed by atoms with Crippen molar-refractivity contribution in [2.24, 2.45) is 5.92 Å². The van der Waals surface area contributed by atoms with Gasteiger partial charge in [0.1, 0.15) is 17.7 Å². The molecule has 37 heavy (non-hydrogen) atoms. The van der Waals surface area contributed by atoms with Gasteiger partial charge in [0, 0.05) is 37.9 Å². The van der Waals surface area contributed by atoms with Crippen molar-refractivity contribution in [1.82, 2.24) is 19.3 Å². The Balaban J connectivity index is 1.07. The van der Waals surface area contributed by atoms with Gasteiger partial charge in [0.05, 0.1) is 27.9 Å². The largest absolute Gasteiger partial charge is 0.490 e. The number of halogens is 1. The van der Waals surface area contributed by atoms with E-state index in [9.17, 15) is 4.39 Å². The van der Waals surface area contributed by atoms with Crippen molar-refractivity contribution in [3.63, 3.8) is 0 Å². The number of piperidine rings is 1. The highest BCUT2D eigenvalue weighted by molar-refractivity contribution is 5.84. The molecule has 1 aliphatic carbocycles. The zero-order valence-electron chi connectivity index (χ0n) is 21.0. The fraction of sp³-hybridized carbons (Fsp3) is 0.333. The topological polar surface area (TPSA) is 48.1 Å². The molecule has 3 heterocycles. The van der Waals surface area contributed by atoms with Crippen LogP contribution in [0.25, 0.3) is 27.6 Å². The number of benzene rings is 3. The van der Waals surface area contributed by atoms with E-state index in [4.69, 9.17) is 9.72 Å². The second-order valence-electron chi connectivity index (χ2n) is 10.4. The number of aromatic nitrogens is 4. The molecule has 3 aromatic carbocycles. The minimum absolute atomic E-state index is 0.161. The molecule has 2 fully saturated rings. The van der Waals surface area contributed by atoms with Crippen LogP contribution in [-0.4, -0.2) is 38.5 Å². The van der Waals surface area contributed by atoms with Crippen molar-refractivity contribution >= 4 is 27.9 Å². The van der Waals surface area contributed by atoms with Crippen LogP contribution < -0.4 is 9.64 Å². The SMILES string of the molecule is Cc1nn(-c2cccc(F)c2)c2ccc(OC3CCN(c4nc5ccccc5n4CC4CC4)CC3)cc12. The first-order valence-corrected chi connectivity index (χ1v) is 13.2. The average molecular weight is 496 g/mol. The number of aryl methyl sites for hydroxylation is 1. The number of ether oxygens (including phenoxy) is 1. The van der Waals surface area contributed by atoms with Gasteiger partial charge in [-0.05, 0) is 74.2 Å². The maximum Gasteiger partial charge on any atom is 0.206 e. The fourth-order valence-corrected chi connectivity index (χ4v) is 5.53. The first-order chi connectivity index (χ1) is 18.1. The molecule has 2 aliphatic rings. The van der Waals surface area contributed by atoms with E-state index in [2.05, 4.69) is 44.9 Å². The average Bonchev–Trinajstić information content (AvgIpc) is 3.58. The third kappa shape index (κ3) is 4.22. The Bertz CT molecular complexity index is 1590. The van der Waals surface area contributed by atoms with E-state index in [1.807, 2.05) is 25.1 Å². The Kier molecular flexibility index (Phi) is 5.38. The van der Waals surface area contributed by atoms with E-state index in [1.165, 1.54) is 30.5 Å². The van der Waals surface area contributed by atoms with Crippen LogP contribution in [0.3, 0.4) is 0 Å². The summed E-state index contributed by atoms with van der Waals surface area (Å²) in [7, 11) is 0. The molecule has 0 spiro atoms. The third-order valence-electron chi connectivity index (χ3n) is 7.69. The second kappa shape index (κ2) is 8.91. The summed E-state index contributed by atoms with van der Waals surface area (Å²) in [6.45, 7) is 4.90. The zero-order chi connectivity index (χ0) is 24.9. The maximum atomic E-state index is 13.8. The van der Waals surface area contributed by atoms with Crippen LogP contribution in [0.2, 0.25) is 0 Å². The summed E-state index contributed by atoms with van der Waals surface area (Å²) in [5.74, 6) is 2.48. The normalized spacial score (nSPS) is 16.6. The van der Waals surface area contributed by atoms with Gasteiger partial charge in [-0.2, -0.15) is 5.10 Å². The Morgan fingerprint density at radius 2 is 1.76 bits per heavy atom. The standard InChI is InChI=1S/C30H30FN5O/c1-20-26-18-25(11-12-28(26)36(33-20)23-6-4-5-22(31)17-23)37-24-13-15-34(16-14-24)30-32-27-7-2-3-8-29(27)35(30)19-21-9-10-21/h2-8,11-12,17-18,21,24H,9-10,13-16,19H2,1H3. The lowest BCUT2D eigenvalue weighted by molar-refractivity contribution is 0.170. The molecule has 0 radical (unpaired) electrons. The molecule has 0 atom stereocenters. The molecule has 2 aromatic heterocycles. The van der Waals surface area contributed by atoms with Gasteiger partial charge in [0.25, 0.3) is 0 Å². The molecule has 1 aliphatic heterocycles. The fourth-order valence-electron chi connectivity index (χ4n) is 5.53. The monoisotopic (exact) mass is 495 g/mol. The van der Waals surface area contributed by atoms with Crippen LogP contribution in [0.5, 0.6) is 5.75 Å². The van der Waals surface area contributed by atoms with Gasteiger partial charge in [0.15, 0.2) is 0 Å². The molecule has 5 aromatic rings. The predicted molar refractivity (Wildman–Crippen MR) is 144 cm³/mol. The molecule has 0 bridgehead atoms. The van der Waals surface area contributed by atoms with E-state index < -0.39 is 0 Å². The molecule has 0 N–H and O–H groups in total. The van der Waals surface area contributed by atoms with E-state index in [1.54, 1.807) is 10.7 Å². The maximum absolute atomic E-state index is 13.8. The smallest absolute Gasteiger partial charge is 0.206 e.